The van der Waals surface area contributed by atoms with Crippen LogP contribution in [0.5, 0.6) is 5.75 Å². The van der Waals surface area contributed by atoms with Crippen LogP contribution >= 0.6 is 0 Å². The van der Waals surface area contributed by atoms with Crippen molar-refractivity contribution in [2.45, 2.75) is 52.1 Å². The summed E-state index contributed by atoms with van der Waals surface area (Å²) in [6, 6.07) is 11.1. The number of halogens is 1. The SMILES string of the molecule is CCCCCCCCOC(=O)Nc1ccc(OCc2ccc(F)cc2)cc1N. The van der Waals surface area contributed by atoms with E-state index in [0.717, 1.165) is 18.4 Å². The Morgan fingerprint density at radius 3 is 2.46 bits per heavy atom. The average molecular weight is 388 g/mol. The van der Waals surface area contributed by atoms with Gasteiger partial charge in [0.2, 0.25) is 0 Å². The molecule has 0 saturated carbocycles. The zero-order valence-corrected chi connectivity index (χ0v) is 16.4. The number of amides is 1. The molecule has 152 valence electrons. The number of anilines is 2. The first-order chi connectivity index (χ1) is 13.6. The van der Waals surface area contributed by atoms with E-state index in [9.17, 15) is 9.18 Å². The number of nitrogen functional groups attached to an aromatic ring is 1. The number of carbonyl (C=O) groups is 1. The number of rotatable bonds is 11. The summed E-state index contributed by atoms with van der Waals surface area (Å²) in [5.74, 6) is 0.277. The number of carbonyl (C=O) groups excluding carboxylic acids is 1. The Labute approximate surface area is 166 Å². The van der Waals surface area contributed by atoms with Crippen molar-refractivity contribution in [3.63, 3.8) is 0 Å². The lowest BCUT2D eigenvalue weighted by molar-refractivity contribution is 0.159. The number of ether oxygens (including phenoxy) is 2. The molecule has 1 amide bonds. The van der Waals surface area contributed by atoms with Crippen molar-refractivity contribution >= 4 is 17.5 Å². The third-order valence-corrected chi connectivity index (χ3v) is 4.31. The van der Waals surface area contributed by atoms with Gasteiger partial charge < -0.3 is 15.2 Å². The van der Waals surface area contributed by atoms with Crippen LogP contribution in [0.1, 0.15) is 51.0 Å². The molecular formula is C22H29FN2O3. The third-order valence-electron chi connectivity index (χ3n) is 4.31. The lowest BCUT2D eigenvalue weighted by atomic mass is 10.1. The van der Waals surface area contributed by atoms with E-state index in [2.05, 4.69) is 12.2 Å². The predicted octanol–water partition coefficient (Wildman–Crippen LogP) is 5.90. The molecule has 0 aliphatic heterocycles. The van der Waals surface area contributed by atoms with Crippen LogP contribution in [-0.4, -0.2) is 12.7 Å². The Morgan fingerprint density at radius 1 is 1.04 bits per heavy atom. The van der Waals surface area contributed by atoms with Gasteiger partial charge in [0.1, 0.15) is 18.2 Å². The number of benzene rings is 2. The summed E-state index contributed by atoms with van der Waals surface area (Å²) in [6.07, 6.45) is 6.29. The van der Waals surface area contributed by atoms with Crippen LogP contribution in [0.25, 0.3) is 0 Å². The zero-order valence-electron chi connectivity index (χ0n) is 16.4. The second-order valence-corrected chi connectivity index (χ2v) is 6.69. The van der Waals surface area contributed by atoms with Gasteiger partial charge in [-0.25, -0.2) is 9.18 Å². The molecule has 0 heterocycles. The van der Waals surface area contributed by atoms with Gasteiger partial charge in [0.05, 0.1) is 18.0 Å². The molecule has 0 radical (unpaired) electrons. The minimum atomic E-state index is -0.514. The number of hydrogen-bond donors (Lipinski definition) is 2. The fourth-order valence-electron chi connectivity index (χ4n) is 2.69. The van der Waals surface area contributed by atoms with Gasteiger partial charge in [0, 0.05) is 6.07 Å². The van der Waals surface area contributed by atoms with E-state index in [1.54, 1.807) is 30.3 Å². The van der Waals surface area contributed by atoms with Gasteiger partial charge in [0.25, 0.3) is 0 Å². The van der Waals surface area contributed by atoms with Gasteiger partial charge in [-0.1, -0.05) is 51.2 Å². The molecule has 6 heteroatoms. The molecule has 0 fully saturated rings. The van der Waals surface area contributed by atoms with E-state index in [4.69, 9.17) is 15.2 Å². The molecule has 0 aromatic heterocycles. The summed E-state index contributed by atoms with van der Waals surface area (Å²) in [6.45, 7) is 2.88. The second-order valence-electron chi connectivity index (χ2n) is 6.69. The van der Waals surface area contributed by atoms with Gasteiger partial charge in [-0.2, -0.15) is 0 Å². The number of unbranched alkanes of at least 4 members (excludes halogenated alkanes) is 5. The number of nitrogens with two attached hydrogens (primary N) is 1. The van der Waals surface area contributed by atoms with Crippen molar-refractivity contribution < 1.29 is 18.7 Å². The summed E-state index contributed by atoms with van der Waals surface area (Å²) in [4.78, 5) is 11.9. The highest BCUT2D eigenvalue weighted by Gasteiger charge is 2.08. The van der Waals surface area contributed by atoms with Crippen LogP contribution in [-0.2, 0) is 11.3 Å². The highest BCUT2D eigenvalue weighted by Crippen LogP contribution is 2.25. The molecule has 0 aliphatic rings. The number of hydrogen-bond acceptors (Lipinski definition) is 4. The van der Waals surface area contributed by atoms with Crippen molar-refractivity contribution in [3.05, 3.63) is 53.8 Å². The summed E-state index contributed by atoms with van der Waals surface area (Å²) < 4.78 is 23.7. The fourth-order valence-corrected chi connectivity index (χ4v) is 2.69. The highest BCUT2D eigenvalue weighted by atomic mass is 19.1. The van der Waals surface area contributed by atoms with Crippen molar-refractivity contribution in [1.29, 1.82) is 0 Å². The van der Waals surface area contributed by atoms with E-state index < -0.39 is 6.09 Å². The van der Waals surface area contributed by atoms with Crippen LogP contribution in [0.15, 0.2) is 42.5 Å². The van der Waals surface area contributed by atoms with E-state index >= 15 is 0 Å². The Balaban J connectivity index is 1.72. The largest absolute Gasteiger partial charge is 0.489 e. The van der Waals surface area contributed by atoms with Crippen LogP contribution in [0.2, 0.25) is 0 Å². The average Bonchev–Trinajstić information content (AvgIpc) is 2.69. The maximum atomic E-state index is 12.9. The van der Waals surface area contributed by atoms with Crippen LogP contribution in [0, 0.1) is 5.82 Å². The Kier molecular flexibility index (Phi) is 9.11. The maximum Gasteiger partial charge on any atom is 0.411 e. The van der Waals surface area contributed by atoms with Gasteiger partial charge in [-0.3, -0.25) is 5.32 Å². The molecule has 3 N–H and O–H groups in total. The van der Waals surface area contributed by atoms with Crippen LogP contribution < -0.4 is 15.8 Å². The van der Waals surface area contributed by atoms with Crippen LogP contribution in [0.3, 0.4) is 0 Å². The van der Waals surface area contributed by atoms with Gasteiger partial charge in [0.15, 0.2) is 0 Å². The van der Waals surface area contributed by atoms with E-state index in [0.29, 0.717) is 30.3 Å². The summed E-state index contributed by atoms with van der Waals surface area (Å²) in [7, 11) is 0. The molecule has 0 unspecified atom stereocenters. The summed E-state index contributed by atoms with van der Waals surface area (Å²) in [5.41, 5.74) is 7.69. The second kappa shape index (κ2) is 11.8. The topological polar surface area (TPSA) is 73.6 Å². The fraction of sp³-hybridized carbons (Fsp3) is 0.409. The third kappa shape index (κ3) is 7.86. The molecular weight excluding hydrogens is 359 g/mol. The zero-order chi connectivity index (χ0) is 20.2. The molecule has 0 spiro atoms. The Morgan fingerprint density at radius 2 is 1.75 bits per heavy atom. The monoisotopic (exact) mass is 388 g/mol. The van der Waals surface area contributed by atoms with E-state index in [-0.39, 0.29) is 5.82 Å². The molecule has 28 heavy (non-hydrogen) atoms. The molecule has 2 aromatic rings. The quantitative estimate of drug-likeness (QED) is 0.371. The molecule has 2 rings (SSSR count). The number of nitrogens with one attached hydrogen (secondary N) is 1. The Hall–Kier alpha value is -2.76. The molecule has 5 nitrogen and oxygen atoms in total. The highest BCUT2D eigenvalue weighted by molar-refractivity contribution is 5.89. The normalized spacial score (nSPS) is 10.5. The summed E-state index contributed by atoms with van der Waals surface area (Å²) >= 11 is 0. The van der Waals surface area contributed by atoms with Crippen molar-refractivity contribution in [3.8, 4) is 5.75 Å². The van der Waals surface area contributed by atoms with E-state index in [1.165, 1.54) is 37.8 Å². The molecule has 0 saturated heterocycles. The van der Waals surface area contributed by atoms with Gasteiger partial charge >= 0.3 is 6.09 Å². The van der Waals surface area contributed by atoms with Crippen LogP contribution in [0.4, 0.5) is 20.6 Å². The minimum Gasteiger partial charge on any atom is -0.489 e. The molecule has 2 aromatic carbocycles. The first kappa shape index (κ1) is 21.5. The molecule has 0 aliphatic carbocycles. The first-order valence-electron chi connectivity index (χ1n) is 9.79. The van der Waals surface area contributed by atoms with E-state index in [1.807, 2.05) is 0 Å². The van der Waals surface area contributed by atoms with Gasteiger partial charge in [-0.05, 0) is 36.2 Å². The smallest absolute Gasteiger partial charge is 0.411 e. The summed E-state index contributed by atoms with van der Waals surface area (Å²) in [5, 5.41) is 2.65. The molecule has 0 bridgehead atoms. The maximum absolute atomic E-state index is 12.9. The van der Waals surface area contributed by atoms with Crippen molar-refractivity contribution in [1.82, 2.24) is 0 Å². The lowest BCUT2D eigenvalue weighted by Gasteiger charge is -2.11. The van der Waals surface area contributed by atoms with Crippen molar-refractivity contribution in [2.75, 3.05) is 17.7 Å². The minimum absolute atomic E-state index is 0.285. The van der Waals surface area contributed by atoms with Gasteiger partial charge in [-0.15, -0.1) is 0 Å². The van der Waals surface area contributed by atoms with Crippen molar-refractivity contribution in [2.24, 2.45) is 0 Å². The lowest BCUT2D eigenvalue weighted by Crippen LogP contribution is -2.15. The standard InChI is InChI=1S/C22H29FN2O3/c1-2-3-4-5-6-7-14-27-22(26)25-21-13-12-19(15-20(21)24)28-16-17-8-10-18(23)11-9-17/h8-13,15H,2-7,14,16,24H2,1H3,(H,25,26). The molecule has 0 atom stereocenters. The first-order valence-corrected chi connectivity index (χ1v) is 9.79. The Bertz CT molecular complexity index is 735. The predicted molar refractivity (Wildman–Crippen MR) is 110 cm³/mol.